The van der Waals surface area contributed by atoms with Crippen LogP contribution < -0.4 is 4.90 Å². The molecule has 2 aromatic rings. The second-order valence-corrected chi connectivity index (χ2v) is 5.66. The summed E-state index contributed by atoms with van der Waals surface area (Å²) in [6.45, 7) is 2.90. The summed E-state index contributed by atoms with van der Waals surface area (Å²) in [6.07, 6.45) is 4.76. The molecule has 126 valence electrons. The Morgan fingerprint density at radius 3 is 2.79 bits per heavy atom. The molecule has 0 aliphatic carbocycles. The summed E-state index contributed by atoms with van der Waals surface area (Å²) in [5, 5.41) is 0. The number of carbonyl (C=O) groups is 1. The van der Waals surface area contributed by atoms with Gasteiger partial charge in [0.25, 0.3) is 5.91 Å². The van der Waals surface area contributed by atoms with Crippen LogP contribution >= 0.6 is 0 Å². The fourth-order valence-electron chi connectivity index (χ4n) is 2.65. The second kappa shape index (κ2) is 7.35. The Balaban J connectivity index is 1.77. The SMILES string of the molecule is CN(Cc1cnccn1)C(=O)c1cc(F)cc(N2CCOCC2)c1. The van der Waals surface area contributed by atoms with E-state index in [4.69, 9.17) is 4.74 Å². The maximum Gasteiger partial charge on any atom is 0.254 e. The van der Waals surface area contributed by atoms with Gasteiger partial charge in [0.1, 0.15) is 5.82 Å². The Morgan fingerprint density at radius 2 is 2.08 bits per heavy atom. The van der Waals surface area contributed by atoms with Crippen molar-refractivity contribution in [3.8, 4) is 0 Å². The number of rotatable bonds is 4. The zero-order valence-corrected chi connectivity index (χ0v) is 13.5. The summed E-state index contributed by atoms with van der Waals surface area (Å²) in [6, 6.07) is 4.44. The number of nitrogens with zero attached hydrogens (tertiary/aromatic N) is 4. The smallest absolute Gasteiger partial charge is 0.254 e. The number of hydrogen-bond donors (Lipinski definition) is 0. The van der Waals surface area contributed by atoms with E-state index in [0.717, 1.165) is 0 Å². The van der Waals surface area contributed by atoms with E-state index in [2.05, 4.69) is 9.97 Å². The lowest BCUT2D eigenvalue weighted by Gasteiger charge is -2.29. The van der Waals surface area contributed by atoms with Crippen LogP contribution in [0.3, 0.4) is 0 Å². The molecule has 0 saturated carbocycles. The highest BCUT2D eigenvalue weighted by molar-refractivity contribution is 5.95. The molecule has 0 radical (unpaired) electrons. The molecule has 24 heavy (non-hydrogen) atoms. The molecule has 0 unspecified atom stereocenters. The second-order valence-electron chi connectivity index (χ2n) is 5.66. The molecule has 1 aliphatic heterocycles. The van der Waals surface area contributed by atoms with E-state index in [1.807, 2.05) is 4.90 Å². The van der Waals surface area contributed by atoms with Crippen molar-refractivity contribution in [3.05, 3.63) is 53.9 Å². The van der Waals surface area contributed by atoms with Crippen LogP contribution in [0.4, 0.5) is 10.1 Å². The fraction of sp³-hybridized carbons (Fsp3) is 0.353. The van der Waals surface area contributed by atoms with Gasteiger partial charge in [-0.3, -0.25) is 14.8 Å². The molecule has 1 saturated heterocycles. The number of morpholine rings is 1. The highest BCUT2D eigenvalue weighted by Crippen LogP contribution is 2.21. The van der Waals surface area contributed by atoms with Gasteiger partial charge in [0.2, 0.25) is 0 Å². The van der Waals surface area contributed by atoms with Crippen molar-refractivity contribution in [1.82, 2.24) is 14.9 Å². The zero-order valence-electron chi connectivity index (χ0n) is 13.5. The summed E-state index contributed by atoms with van der Waals surface area (Å²) in [5.74, 6) is -0.676. The van der Waals surface area contributed by atoms with Crippen molar-refractivity contribution in [2.24, 2.45) is 0 Å². The van der Waals surface area contributed by atoms with E-state index in [-0.39, 0.29) is 5.91 Å². The van der Waals surface area contributed by atoms with Gasteiger partial charge in [-0.15, -0.1) is 0 Å². The van der Waals surface area contributed by atoms with Gasteiger partial charge in [-0.25, -0.2) is 4.39 Å². The van der Waals surface area contributed by atoms with Crippen molar-refractivity contribution in [3.63, 3.8) is 0 Å². The van der Waals surface area contributed by atoms with Crippen LogP contribution in [0.1, 0.15) is 16.1 Å². The first-order valence-corrected chi connectivity index (χ1v) is 7.77. The molecule has 1 aliphatic rings. The molecule has 1 amide bonds. The summed E-state index contributed by atoms with van der Waals surface area (Å²) in [7, 11) is 1.66. The lowest BCUT2D eigenvalue weighted by molar-refractivity contribution is 0.0783. The fourth-order valence-corrected chi connectivity index (χ4v) is 2.65. The van der Waals surface area contributed by atoms with Crippen LogP contribution in [-0.2, 0) is 11.3 Å². The summed E-state index contributed by atoms with van der Waals surface area (Å²) < 4.78 is 19.3. The molecule has 2 heterocycles. The van der Waals surface area contributed by atoms with Gasteiger partial charge in [0.05, 0.1) is 31.6 Å². The molecular formula is C17H19FN4O2. The topological polar surface area (TPSA) is 58.6 Å². The van der Waals surface area contributed by atoms with Gasteiger partial charge in [-0.05, 0) is 18.2 Å². The van der Waals surface area contributed by atoms with Crippen molar-refractivity contribution in [2.45, 2.75) is 6.54 Å². The number of ether oxygens (including phenoxy) is 1. The number of benzene rings is 1. The molecule has 3 rings (SSSR count). The first-order valence-electron chi connectivity index (χ1n) is 7.77. The maximum atomic E-state index is 14.0. The molecular weight excluding hydrogens is 311 g/mol. The van der Waals surface area contributed by atoms with Crippen molar-refractivity contribution in [2.75, 3.05) is 38.3 Å². The maximum absolute atomic E-state index is 14.0. The third kappa shape index (κ3) is 3.86. The molecule has 0 N–H and O–H groups in total. The lowest BCUT2D eigenvalue weighted by atomic mass is 10.1. The number of amides is 1. The number of hydrogen-bond acceptors (Lipinski definition) is 5. The lowest BCUT2D eigenvalue weighted by Crippen LogP contribution is -2.36. The highest BCUT2D eigenvalue weighted by atomic mass is 19.1. The Morgan fingerprint density at radius 1 is 1.29 bits per heavy atom. The molecule has 1 aromatic heterocycles. The molecule has 0 atom stereocenters. The number of halogens is 1. The van der Waals surface area contributed by atoms with Crippen LogP contribution in [0.25, 0.3) is 0 Å². The standard InChI is InChI=1S/C17H19FN4O2/c1-21(12-15-11-19-2-3-20-15)17(23)13-8-14(18)10-16(9-13)22-4-6-24-7-5-22/h2-3,8-11H,4-7,12H2,1H3. The predicted octanol–water partition coefficient (Wildman–Crippen LogP) is 1.72. The van der Waals surface area contributed by atoms with Crippen LogP contribution in [0.15, 0.2) is 36.8 Å². The number of anilines is 1. The van der Waals surface area contributed by atoms with Crippen LogP contribution in [0.5, 0.6) is 0 Å². The van der Waals surface area contributed by atoms with Crippen molar-refractivity contribution >= 4 is 11.6 Å². The third-order valence-electron chi connectivity index (χ3n) is 3.87. The Bertz CT molecular complexity index is 705. The van der Waals surface area contributed by atoms with Crippen LogP contribution in [-0.4, -0.2) is 54.1 Å². The molecule has 1 aromatic carbocycles. The minimum absolute atomic E-state index is 0.255. The molecule has 6 nitrogen and oxygen atoms in total. The predicted molar refractivity (Wildman–Crippen MR) is 87.3 cm³/mol. The summed E-state index contributed by atoms with van der Waals surface area (Å²) in [4.78, 5) is 24.3. The monoisotopic (exact) mass is 330 g/mol. The minimum atomic E-state index is -0.421. The first kappa shape index (κ1) is 16.3. The van der Waals surface area contributed by atoms with Gasteiger partial charge in [0.15, 0.2) is 0 Å². The third-order valence-corrected chi connectivity index (χ3v) is 3.87. The van der Waals surface area contributed by atoms with Gasteiger partial charge in [0, 0.05) is 43.8 Å². The van der Waals surface area contributed by atoms with E-state index in [0.29, 0.717) is 49.8 Å². The zero-order chi connectivity index (χ0) is 16.9. The van der Waals surface area contributed by atoms with E-state index in [1.54, 1.807) is 31.7 Å². The average Bonchev–Trinajstić information content (AvgIpc) is 2.62. The molecule has 7 heteroatoms. The molecule has 0 bridgehead atoms. The van der Waals surface area contributed by atoms with Gasteiger partial charge in [-0.2, -0.15) is 0 Å². The molecule has 0 spiro atoms. The van der Waals surface area contributed by atoms with Crippen molar-refractivity contribution < 1.29 is 13.9 Å². The Labute approximate surface area is 139 Å². The first-order chi connectivity index (χ1) is 11.6. The average molecular weight is 330 g/mol. The normalized spacial score (nSPS) is 14.5. The quantitative estimate of drug-likeness (QED) is 0.854. The van der Waals surface area contributed by atoms with Crippen LogP contribution in [0, 0.1) is 5.82 Å². The van der Waals surface area contributed by atoms with E-state index in [1.165, 1.54) is 17.0 Å². The Kier molecular flexibility index (Phi) is 5.00. The number of aromatic nitrogens is 2. The highest BCUT2D eigenvalue weighted by Gasteiger charge is 2.18. The summed E-state index contributed by atoms with van der Waals surface area (Å²) in [5.41, 5.74) is 1.70. The minimum Gasteiger partial charge on any atom is -0.378 e. The Hall–Kier alpha value is -2.54. The van der Waals surface area contributed by atoms with E-state index >= 15 is 0 Å². The summed E-state index contributed by atoms with van der Waals surface area (Å²) >= 11 is 0. The van der Waals surface area contributed by atoms with Gasteiger partial charge < -0.3 is 14.5 Å². The van der Waals surface area contributed by atoms with Gasteiger partial charge in [-0.1, -0.05) is 0 Å². The number of carbonyl (C=O) groups excluding carboxylic acids is 1. The van der Waals surface area contributed by atoms with Crippen LogP contribution in [0.2, 0.25) is 0 Å². The largest absolute Gasteiger partial charge is 0.378 e. The van der Waals surface area contributed by atoms with Crippen molar-refractivity contribution in [1.29, 1.82) is 0 Å². The van der Waals surface area contributed by atoms with Gasteiger partial charge >= 0.3 is 0 Å². The molecule has 1 fully saturated rings. The van der Waals surface area contributed by atoms with E-state index < -0.39 is 5.82 Å². The van der Waals surface area contributed by atoms with E-state index in [9.17, 15) is 9.18 Å².